The van der Waals surface area contributed by atoms with Crippen molar-refractivity contribution in [1.82, 2.24) is 15.3 Å². The lowest BCUT2D eigenvalue weighted by molar-refractivity contribution is -1.07. The van der Waals surface area contributed by atoms with Crippen molar-refractivity contribution in [1.29, 1.82) is 0 Å². The Morgan fingerprint density at radius 2 is 2.25 bits per heavy atom. The number of urea groups is 1. The lowest BCUT2D eigenvalue weighted by Crippen LogP contribution is -2.39. The summed E-state index contributed by atoms with van der Waals surface area (Å²) in [5.41, 5.74) is 4.45. The first-order valence-electron chi connectivity index (χ1n) is 8.95. The molecule has 4 rings (SSSR count). The summed E-state index contributed by atoms with van der Waals surface area (Å²) >= 11 is 1.40. The quantitative estimate of drug-likeness (QED) is 0.636. The van der Waals surface area contributed by atoms with E-state index in [1.807, 2.05) is 37.6 Å². The number of quaternary nitrogens is 1. The molecule has 2 aromatic heterocycles. The number of carbonyl (C=O) groups excluding carboxylic acids is 1. The van der Waals surface area contributed by atoms with E-state index in [9.17, 15) is 4.79 Å². The molecule has 8 nitrogen and oxygen atoms in total. The molecule has 3 aromatic rings. The van der Waals surface area contributed by atoms with Gasteiger partial charge < -0.3 is 9.73 Å². The molecule has 0 saturated carbocycles. The number of benzene rings is 1. The summed E-state index contributed by atoms with van der Waals surface area (Å²) in [7, 11) is 2.01. The Bertz CT molecular complexity index is 1040. The van der Waals surface area contributed by atoms with Crippen molar-refractivity contribution in [3.05, 3.63) is 53.0 Å². The number of hydrogen-bond donors (Lipinski definition) is 2. The largest absolute Gasteiger partial charge is 0.443 e. The molecule has 0 fully saturated rings. The van der Waals surface area contributed by atoms with Gasteiger partial charge in [-0.3, -0.25) is 5.32 Å². The maximum atomic E-state index is 12.2. The van der Waals surface area contributed by atoms with Gasteiger partial charge in [-0.05, 0) is 24.6 Å². The van der Waals surface area contributed by atoms with Crippen LogP contribution in [0.5, 0.6) is 0 Å². The van der Waals surface area contributed by atoms with Crippen LogP contribution in [0.15, 0.2) is 46.2 Å². The van der Waals surface area contributed by atoms with E-state index in [4.69, 9.17) is 9.25 Å². The normalized spacial score (nSPS) is 21.7. The average Bonchev–Trinajstić information content (AvgIpc) is 3.33. The van der Waals surface area contributed by atoms with Gasteiger partial charge in [-0.25, -0.2) is 14.8 Å². The van der Waals surface area contributed by atoms with Crippen LogP contribution in [0.25, 0.3) is 11.1 Å². The highest BCUT2D eigenvalue weighted by Gasteiger charge is 2.36. The SMILES string of the molecule is CC1=CC(C)O[N+]1(C)Cc1csc(NC(=O)NCc2ccc3ncoc3c2)n1. The highest BCUT2D eigenvalue weighted by atomic mass is 32.1. The molecule has 0 saturated heterocycles. The maximum absolute atomic E-state index is 12.2. The number of rotatable bonds is 5. The Morgan fingerprint density at radius 1 is 1.39 bits per heavy atom. The summed E-state index contributed by atoms with van der Waals surface area (Å²) in [5.74, 6) is 0. The molecule has 2 N–H and O–H groups in total. The minimum atomic E-state index is -0.305. The molecule has 1 aliphatic rings. The number of amides is 2. The van der Waals surface area contributed by atoms with E-state index in [1.54, 1.807) is 0 Å². The van der Waals surface area contributed by atoms with Gasteiger partial charge in [-0.1, -0.05) is 6.07 Å². The molecule has 2 atom stereocenters. The Balaban J connectivity index is 1.32. The first-order valence-corrected chi connectivity index (χ1v) is 9.83. The molecular formula is C19H22N5O3S+. The van der Waals surface area contributed by atoms with Crippen LogP contribution in [0.3, 0.4) is 0 Å². The monoisotopic (exact) mass is 400 g/mol. The van der Waals surface area contributed by atoms with Gasteiger partial charge in [0.25, 0.3) is 0 Å². The lowest BCUT2D eigenvalue weighted by Gasteiger charge is -2.26. The van der Waals surface area contributed by atoms with Gasteiger partial charge in [0, 0.05) is 24.9 Å². The van der Waals surface area contributed by atoms with Gasteiger partial charge in [0.1, 0.15) is 30.1 Å². The first kappa shape index (κ1) is 18.6. The molecule has 1 aliphatic heterocycles. The third-order valence-electron chi connectivity index (χ3n) is 4.71. The fourth-order valence-corrected chi connectivity index (χ4v) is 3.92. The Hall–Kier alpha value is -2.75. The molecule has 0 spiro atoms. The van der Waals surface area contributed by atoms with Crippen molar-refractivity contribution in [2.45, 2.75) is 33.0 Å². The minimum Gasteiger partial charge on any atom is -0.443 e. The molecule has 28 heavy (non-hydrogen) atoms. The predicted octanol–water partition coefficient (Wildman–Crippen LogP) is 3.79. The summed E-state index contributed by atoms with van der Waals surface area (Å²) in [6.45, 7) is 5.07. The van der Waals surface area contributed by atoms with Gasteiger partial charge in [-0.2, -0.15) is 4.84 Å². The summed E-state index contributed by atoms with van der Waals surface area (Å²) < 4.78 is 5.65. The Morgan fingerprint density at radius 3 is 3.04 bits per heavy atom. The predicted molar refractivity (Wildman–Crippen MR) is 106 cm³/mol. The molecule has 2 unspecified atom stereocenters. The van der Waals surface area contributed by atoms with Crippen molar-refractivity contribution in [2.75, 3.05) is 12.4 Å². The zero-order valence-corrected chi connectivity index (χ0v) is 16.7. The Kier molecular flexibility index (Phi) is 4.88. The molecule has 0 radical (unpaired) electrons. The number of oxazole rings is 1. The van der Waals surface area contributed by atoms with Crippen LogP contribution >= 0.6 is 11.3 Å². The number of anilines is 1. The van der Waals surface area contributed by atoms with Crippen molar-refractivity contribution >= 4 is 33.6 Å². The second-order valence-electron chi connectivity index (χ2n) is 6.98. The molecule has 2 amide bonds. The van der Waals surface area contributed by atoms with E-state index in [-0.39, 0.29) is 12.1 Å². The van der Waals surface area contributed by atoms with E-state index in [1.165, 1.54) is 17.7 Å². The average molecular weight is 400 g/mol. The summed E-state index contributed by atoms with van der Waals surface area (Å²) in [6.07, 6.45) is 3.60. The van der Waals surface area contributed by atoms with E-state index >= 15 is 0 Å². The van der Waals surface area contributed by atoms with Gasteiger partial charge in [0.2, 0.25) is 0 Å². The van der Waals surface area contributed by atoms with E-state index < -0.39 is 0 Å². The van der Waals surface area contributed by atoms with Gasteiger partial charge >= 0.3 is 6.03 Å². The molecule has 0 aliphatic carbocycles. The summed E-state index contributed by atoms with van der Waals surface area (Å²) in [5, 5.41) is 8.10. The molecule has 1 aromatic carbocycles. The van der Waals surface area contributed by atoms with Crippen LogP contribution in [0.4, 0.5) is 9.93 Å². The number of hydroxylamine groups is 3. The Labute approximate surface area is 166 Å². The summed E-state index contributed by atoms with van der Waals surface area (Å²) in [6, 6.07) is 5.33. The van der Waals surface area contributed by atoms with Gasteiger partial charge in [0.15, 0.2) is 23.7 Å². The number of nitrogens with zero attached hydrogens (tertiary/aromatic N) is 3. The fraction of sp³-hybridized carbons (Fsp3) is 0.316. The minimum absolute atomic E-state index is 0.0863. The van der Waals surface area contributed by atoms with Gasteiger partial charge in [-0.15, -0.1) is 16.0 Å². The van der Waals surface area contributed by atoms with Crippen molar-refractivity contribution in [3.8, 4) is 0 Å². The molecular weight excluding hydrogens is 378 g/mol. The smallest absolute Gasteiger partial charge is 0.321 e. The van der Waals surface area contributed by atoms with Crippen molar-refractivity contribution < 1.29 is 18.7 Å². The third-order valence-corrected chi connectivity index (χ3v) is 5.51. The summed E-state index contributed by atoms with van der Waals surface area (Å²) in [4.78, 5) is 26.7. The van der Waals surface area contributed by atoms with E-state index in [2.05, 4.69) is 33.6 Å². The zero-order valence-electron chi connectivity index (χ0n) is 15.9. The number of nitrogens with one attached hydrogen (secondary N) is 2. The van der Waals surface area contributed by atoms with Crippen LogP contribution in [0.2, 0.25) is 0 Å². The van der Waals surface area contributed by atoms with Gasteiger partial charge in [0.05, 0.1) is 0 Å². The van der Waals surface area contributed by atoms with Crippen LogP contribution < -0.4 is 10.6 Å². The number of fused-ring (bicyclic) bond motifs is 1. The lowest BCUT2D eigenvalue weighted by atomic mass is 10.2. The number of hydrogen-bond acceptors (Lipinski definition) is 6. The maximum Gasteiger partial charge on any atom is 0.321 e. The number of allylic oxidation sites excluding steroid dienone is 1. The second kappa shape index (κ2) is 7.34. The number of carbonyl (C=O) groups is 1. The van der Waals surface area contributed by atoms with E-state index in [0.29, 0.717) is 28.5 Å². The standard InChI is InChI=1S/C19H21N5O3S/c1-12-6-13(2)27-24(12,3)9-15-10-28-19(22-15)23-18(25)20-8-14-4-5-16-17(7-14)26-11-21-16/h4-7,10-11,13H,8-9H2,1-3H3,(H-,20,22,23,25)/p+1. The molecule has 0 bridgehead atoms. The van der Waals surface area contributed by atoms with Crippen LogP contribution in [-0.2, 0) is 17.9 Å². The molecule has 9 heteroatoms. The van der Waals surface area contributed by atoms with Crippen LogP contribution in [-0.4, -0.2) is 33.8 Å². The highest BCUT2D eigenvalue weighted by molar-refractivity contribution is 7.13. The van der Waals surface area contributed by atoms with Crippen LogP contribution in [0, 0.1) is 0 Å². The second-order valence-corrected chi connectivity index (χ2v) is 7.84. The molecule has 3 heterocycles. The number of thiazole rings is 1. The first-order chi connectivity index (χ1) is 13.4. The molecule has 146 valence electrons. The zero-order chi connectivity index (χ0) is 19.7. The van der Waals surface area contributed by atoms with E-state index in [0.717, 1.165) is 22.5 Å². The topological polar surface area (TPSA) is 89.3 Å². The van der Waals surface area contributed by atoms with Crippen molar-refractivity contribution in [3.63, 3.8) is 0 Å². The third kappa shape index (κ3) is 3.91. The van der Waals surface area contributed by atoms with Crippen LogP contribution in [0.1, 0.15) is 25.1 Å². The number of aromatic nitrogens is 2. The fourth-order valence-electron chi connectivity index (χ4n) is 3.22. The highest BCUT2D eigenvalue weighted by Crippen LogP contribution is 2.29. The van der Waals surface area contributed by atoms with Crippen molar-refractivity contribution in [2.24, 2.45) is 0 Å².